The molecular formula is C18H23N3O. The number of anilines is 2. The largest absolute Gasteiger partial charge is 0.381 e. The van der Waals surface area contributed by atoms with E-state index in [0.29, 0.717) is 11.7 Å². The summed E-state index contributed by atoms with van der Waals surface area (Å²) >= 11 is 0. The van der Waals surface area contributed by atoms with Crippen LogP contribution in [0.5, 0.6) is 0 Å². The Morgan fingerprint density at radius 3 is 2.59 bits per heavy atom. The fourth-order valence-electron chi connectivity index (χ4n) is 2.14. The van der Waals surface area contributed by atoms with Crippen molar-refractivity contribution in [3.63, 3.8) is 0 Å². The van der Waals surface area contributed by atoms with E-state index in [4.69, 9.17) is 0 Å². The van der Waals surface area contributed by atoms with E-state index in [-0.39, 0.29) is 5.91 Å². The van der Waals surface area contributed by atoms with Crippen LogP contribution in [0.15, 0.2) is 42.6 Å². The molecule has 2 aromatic rings. The van der Waals surface area contributed by atoms with Gasteiger partial charge in [0.15, 0.2) is 0 Å². The van der Waals surface area contributed by atoms with Gasteiger partial charge in [0.25, 0.3) is 5.91 Å². The molecule has 0 radical (unpaired) electrons. The molecule has 2 rings (SSSR count). The second-order valence-corrected chi connectivity index (χ2v) is 5.35. The second-order valence-electron chi connectivity index (χ2n) is 5.35. The summed E-state index contributed by atoms with van der Waals surface area (Å²) < 4.78 is 0. The Kier molecular flexibility index (Phi) is 5.53. The van der Waals surface area contributed by atoms with Crippen molar-refractivity contribution in [2.45, 2.75) is 39.7 Å². The second kappa shape index (κ2) is 7.59. The number of benzene rings is 1. The molecular weight excluding hydrogens is 274 g/mol. The van der Waals surface area contributed by atoms with Gasteiger partial charge in [-0.3, -0.25) is 4.79 Å². The first kappa shape index (κ1) is 16.0. The van der Waals surface area contributed by atoms with Crippen molar-refractivity contribution in [3.8, 4) is 0 Å². The summed E-state index contributed by atoms with van der Waals surface area (Å²) in [5, 5.41) is 6.26. The van der Waals surface area contributed by atoms with Gasteiger partial charge in [0.05, 0.1) is 11.9 Å². The fraction of sp³-hybridized carbons (Fsp3) is 0.333. The topological polar surface area (TPSA) is 54.0 Å². The molecule has 1 unspecified atom stereocenters. The first-order chi connectivity index (χ1) is 10.6. The Labute approximate surface area is 132 Å². The van der Waals surface area contributed by atoms with Crippen molar-refractivity contribution in [2.24, 2.45) is 0 Å². The van der Waals surface area contributed by atoms with Crippen molar-refractivity contribution < 1.29 is 4.79 Å². The van der Waals surface area contributed by atoms with Crippen LogP contribution in [0.1, 0.15) is 43.2 Å². The first-order valence-electron chi connectivity index (χ1n) is 7.75. The maximum Gasteiger partial charge on any atom is 0.274 e. The van der Waals surface area contributed by atoms with Crippen molar-refractivity contribution in [3.05, 3.63) is 53.9 Å². The van der Waals surface area contributed by atoms with Gasteiger partial charge in [-0.15, -0.1) is 0 Å². The summed E-state index contributed by atoms with van der Waals surface area (Å²) in [6.45, 7) is 6.30. The number of aromatic nitrogens is 1. The SMILES string of the molecule is CCc1ccccc1NC(=O)c1ccc(NC(C)CC)cn1. The maximum atomic E-state index is 12.3. The third-order valence-electron chi connectivity index (χ3n) is 3.67. The van der Waals surface area contributed by atoms with Crippen LogP contribution in [0, 0.1) is 0 Å². The smallest absolute Gasteiger partial charge is 0.274 e. The zero-order chi connectivity index (χ0) is 15.9. The highest BCUT2D eigenvalue weighted by Gasteiger charge is 2.10. The standard InChI is InChI=1S/C18H23N3O/c1-4-13(3)20-15-10-11-17(19-12-15)18(22)21-16-9-7-6-8-14(16)5-2/h6-13,20H,4-5H2,1-3H3,(H,21,22). The quantitative estimate of drug-likeness (QED) is 0.843. The average molecular weight is 297 g/mol. The summed E-state index contributed by atoms with van der Waals surface area (Å²) in [6.07, 6.45) is 3.62. The number of para-hydroxylation sites is 1. The van der Waals surface area contributed by atoms with Crippen LogP contribution in [0.2, 0.25) is 0 Å². The predicted molar refractivity (Wildman–Crippen MR) is 91.4 cm³/mol. The molecule has 1 amide bonds. The molecule has 1 atom stereocenters. The lowest BCUT2D eigenvalue weighted by Crippen LogP contribution is -2.16. The Morgan fingerprint density at radius 2 is 1.95 bits per heavy atom. The monoisotopic (exact) mass is 297 g/mol. The van der Waals surface area contributed by atoms with Gasteiger partial charge in [-0.25, -0.2) is 4.98 Å². The van der Waals surface area contributed by atoms with Crippen LogP contribution in [0.4, 0.5) is 11.4 Å². The average Bonchev–Trinajstić information content (AvgIpc) is 2.55. The van der Waals surface area contributed by atoms with Gasteiger partial charge in [-0.05, 0) is 43.5 Å². The number of pyridine rings is 1. The number of nitrogens with zero attached hydrogens (tertiary/aromatic N) is 1. The molecule has 1 aromatic heterocycles. The van der Waals surface area contributed by atoms with E-state index in [1.807, 2.05) is 30.3 Å². The van der Waals surface area contributed by atoms with E-state index in [1.54, 1.807) is 12.3 Å². The summed E-state index contributed by atoms with van der Waals surface area (Å²) in [5.41, 5.74) is 3.31. The Morgan fingerprint density at radius 1 is 1.18 bits per heavy atom. The zero-order valence-corrected chi connectivity index (χ0v) is 13.4. The number of hydrogen-bond donors (Lipinski definition) is 2. The van der Waals surface area contributed by atoms with Crippen molar-refractivity contribution >= 4 is 17.3 Å². The van der Waals surface area contributed by atoms with Gasteiger partial charge in [0, 0.05) is 11.7 Å². The number of hydrogen-bond acceptors (Lipinski definition) is 3. The van der Waals surface area contributed by atoms with Crippen molar-refractivity contribution in [1.29, 1.82) is 0 Å². The van der Waals surface area contributed by atoms with Gasteiger partial charge >= 0.3 is 0 Å². The number of carbonyl (C=O) groups is 1. The van der Waals surface area contributed by atoms with Crippen LogP contribution in [-0.2, 0) is 6.42 Å². The van der Waals surface area contributed by atoms with Crippen LogP contribution in [0.25, 0.3) is 0 Å². The minimum absolute atomic E-state index is 0.184. The fourth-order valence-corrected chi connectivity index (χ4v) is 2.14. The summed E-state index contributed by atoms with van der Waals surface area (Å²) in [4.78, 5) is 16.5. The molecule has 0 saturated heterocycles. The maximum absolute atomic E-state index is 12.3. The van der Waals surface area contributed by atoms with E-state index in [0.717, 1.165) is 29.8 Å². The molecule has 0 aliphatic heterocycles. The number of rotatable bonds is 6. The lowest BCUT2D eigenvalue weighted by molar-refractivity contribution is 0.102. The minimum atomic E-state index is -0.184. The lowest BCUT2D eigenvalue weighted by Gasteiger charge is -2.13. The van der Waals surface area contributed by atoms with E-state index in [1.165, 1.54) is 0 Å². The van der Waals surface area contributed by atoms with Gasteiger partial charge in [-0.2, -0.15) is 0 Å². The molecule has 2 N–H and O–H groups in total. The van der Waals surface area contributed by atoms with Gasteiger partial charge in [0.2, 0.25) is 0 Å². The molecule has 0 aliphatic carbocycles. The molecule has 0 fully saturated rings. The Bertz CT molecular complexity index is 622. The normalized spacial score (nSPS) is 11.8. The van der Waals surface area contributed by atoms with Gasteiger partial charge in [0.1, 0.15) is 5.69 Å². The molecule has 1 aromatic carbocycles. The van der Waals surface area contributed by atoms with Crippen molar-refractivity contribution in [2.75, 3.05) is 10.6 Å². The van der Waals surface area contributed by atoms with E-state index >= 15 is 0 Å². The zero-order valence-electron chi connectivity index (χ0n) is 13.4. The molecule has 116 valence electrons. The van der Waals surface area contributed by atoms with Crippen LogP contribution >= 0.6 is 0 Å². The summed E-state index contributed by atoms with van der Waals surface area (Å²) in [6, 6.07) is 11.8. The number of carbonyl (C=O) groups excluding carboxylic acids is 1. The molecule has 4 heteroatoms. The summed E-state index contributed by atoms with van der Waals surface area (Å²) in [7, 11) is 0. The molecule has 0 saturated carbocycles. The minimum Gasteiger partial charge on any atom is -0.381 e. The van der Waals surface area contributed by atoms with Crippen LogP contribution in [0.3, 0.4) is 0 Å². The van der Waals surface area contributed by atoms with Crippen molar-refractivity contribution in [1.82, 2.24) is 4.98 Å². The molecule has 22 heavy (non-hydrogen) atoms. The number of nitrogens with one attached hydrogen (secondary N) is 2. The molecule has 1 heterocycles. The van der Waals surface area contributed by atoms with E-state index < -0.39 is 0 Å². The predicted octanol–water partition coefficient (Wildman–Crippen LogP) is 4.11. The van der Waals surface area contributed by atoms with Gasteiger partial charge in [-0.1, -0.05) is 32.0 Å². The number of aryl methyl sites for hydroxylation is 1. The highest BCUT2D eigenvalue weighted by Crippen LogP contribution is 2.17. The first-order valence-corrected chi connectivity index (χ1v) is 7.75. The van der Waals surface area contributed by atoms with Crippen LogP contribution < -0.4 is 10.6 Å². The van der Waals surface area contributed by atoms with E-state index in [2.05, 4.69) is 36.4 Å². The molecule has 0 spiro atoms. The highest BCUT2D eigenvalue weighted by atomic mass is 16.1. The Hall–Kier alpha value is -2.36. The van der Waals surface area contributed by atoms with Gasteiger partial charge < -0.3 is 10.6 Å². The Balaban J connectivity index is 2.06. The molecule has 4 nitrogen and oxygen atoms in total. The third kappa shape index (κ3) is 4.07. The molecule has 0 bridgehead atoms. The lowest BCUT2D eigenvalue weighted by atomic mass is 10.1. The van der Waals surface area contributed by atoms with Crippen LogP contribution in [-0.4, -0.2) is 16.9 Å². The molecule has 0 aliphatic rings. The highest BCUT2D eigenvalue weighted by molar-refractivity contribution is 6.03. The summed E-state index contributed by atoms with van der Waals surface area (Å²) in [5.74, 6) is -0.184. The third-order valence-corrected chi connectivity index (χ3v) is 3.67. The number of amides is 1. The van der Waals surface area contributed by atoms with E-state index in [9.17, 15) is 4.79 Å².